The van der Waals surface area contributed by atoms with Crippen molar-refractivity contribution < 1.29 is 19.4 Å². The van der Waals surface area contributed by atoms with Gasteiger partial charge in [0.1, 0.15) is 16.9 Å². The van der Waals surface area contributed by atoms with Crippen molar-refractivity contribution in [2.24, 2.45) is 0 Å². The number of aliphatic hydroxyl groups is 1. The molecule has 0 aliphatic heterocycles. The SMILES string of the molecule is CCC(C)(CCO)NCc1oc2ccccc2c1C(=O)O. The molecule has 0 amide bonds. The van der Waals surface area contributed by atoms with Crippen LogP contribution < -0.4 is 5.32 Å². The van der Waals surface area contributed by atoms with E-state index in [-0.39, 0.29) is 17.7 Å². The minimum Gasteiger partial charge on any atom is -0.478 e. The van der Waals surface area contributed by atoms with E-state index >= 15 is 0 Å². The molecule has 21 heavy (non-hydrogen) atoms. The van der Waals surface area contributed by atoms with Crippen LogP contribution in [-0.4, -0.2) is 28.3 Å². The van der Waals surface area contributed by atoms with Crippen LogP contribution >= 0.6 is 0 Å². The molecule has 0 aliphatic carbocycles. The number of rotatable bonds is 7. The highest BCUT2D eigenvalue weighted by molar-refractivity contribution is 6.03. The zero-order valence-corrected chi connectivity index (χ0v) is 12.3. The number of para-hydroxylation sites is 1. The molecule has 5 nitrogen and oxygen atoms in total. The third-order valence-corrected chi connectivity index (χ3v) is 4.00. The van der Waals surface area contributed by atoms with Crippen molar-refractivity contribution in [1.82, 2.24) is 5.32 Å². The quantitative estimate of drug-likeness (QED) is 0.730. The van der Waals surface area contributed by atoms with Crippen LogP contribution in [0.15, 0.2) is 28.7 Å². The maximum atomic E-state index is 11.5. The monoisotopic (exact) mass is 291 g/mol. The Kier molecular flexibility index (Phi) is 4.65. The third kappa shape index (κ3) is 3.25. The van der Waals surface area contributed by atoms with Crippen LogP contribution in [0.25, 0.3) is 11.0 Å². The number of carbonyl (C=O) groups is 1. The zero-order valence-electron chi connectivity index (χ0n) is 12.3. The summed E-state index contributed by atoms with van der Waals surface area (Å²) < 4.78 is 5.67. The molecule has 1 aromatic carbocycles. The Morgan fingerprint density at radius 2 is 2.10 bits per heavy atom. The maximum absolute atomic E-state index is 11.5. The first kappa shape index (κ1) is 15.5. The molecule has 0 fully saturated rings. The summed E-state index contributed by atoms with van der Waals surface area (Å²) in [5.41, 5.74) is 0.538. The summed E-state index contributed by atoms with van der Waals surface area (Å²) in [7, 11) is 0. The van der Waals surface area contributed by atoms with Gasteiger partial charge in [0, 0.05) is 17.5 Å². The zero-order chi connectivity index (χ0) is 15.5. The first-order valence-electron chi connectivity index (χ1n) is 7.10. The molecule has 1 aromatic heterocycles. The average molecular weight is 291 g/mol. The van der Waals surface area contributed by atoms with Gasteiger partial charge in [0.2, 0.25) is 0 Å². The second kappa shape index (κ2) is 6.28. The van der Waals surface area contributed by atoms with Crippen LogP contribution in [0.2, 0.25) is 0 Å². The first-order chi connectivity index (χ1) is 10.0. The molecular weight excluding hydrogens is 270 g/mol. The molecule has 3 N–H and O–H groups in total. The van der Waals surface area contributed by atoms with E-state index in [2.05, 4.69) is 5.32 Å². The molecule has 2 rings (SSSR count). The van der Waals surface area contributed by atoms with Gasteiger partial charge in [-0.1, -0.05) is 25.1 Å². The van der Waals surface area contributed by atoms with Crippen LogP contribution in [-0.2, 0) is 6.54 Å². The van der Waals surface area contributed by atoms with Gasteiger partial charge in [-0.2, -0.15) is 0 Å². The Labute approximate surface area is 123 Å². The highest BCUT2D eigenvalue weighted by Crippen LogP contribution is 2.26. The van der Waals surface area contributed by atoms with E-state index in [1.54, 1.807) is 18.2 Å². The van der Waals surface area contributed by atoms with Gasteiger partial charge in [-0.15, -0.1) is 0 Å². The fourth-order valence-corrected chi connectivity index (χ4v) is 2.39. The number of fused-ring (bicyclic) bond motifs is 1. The Hall–Kier alpha value is -1.85. The Bertz CT molecular complexity index is 634. The molecule has 1 atom stereocenters. The van der Waals surface area contributed by atoms with E-state index in [9.17, 15) is 9.90 Å². The molecular formula is C16H21NO4. The second-order valence-corrected chi connectivity index (χ2v) is 5.44. The van der Waals surface area contributed by atoms with Crippen molar-refractivity contribution in [3.05, 3.63) is 35.6 Å². The second-order valence-electron chi connectivity index (χ2n) is 5.44. The van der Waals surface area contributed by atoms with Gasteiger partial charge in [-0.05, 0) is 25.8 Å². The largest absolute Gasteiger partial charge is 0.478 e. The lowest BCUT2D eigenvalue weighted by molar-refractivity contribution is 0.0695. The summed E-state index contributed by atoms with van der Waals surface area (Å²) in [5, 5.41) is 22.5. The summed E-state index contributed by atoms with van der Waals surface area (Å²) in [6, 6.07) is 7.12. The highest BCUT2D eigenvalue weighted by atomic mass is 16.4. The normalized spacial score (nSPS) is 14.2. The number of furan rings is 1. The first-order valence-corrected chi connectivity index (χ1v) is 7.10. The average Bonchev–Trinajstić information content (AvgIpc) is 2.84. The lowest BCUT2D eigenvalue weighted by Crippen LogP contribution is -2.42. The molecule has 0 aliphatic rings. The van der Waals surface area contributed by atoms with E-state index in [1.807, 2.05) is 19.9 Å². The molecule has 0 bridgehead atoms. The third-order valence-electron chi connectivity index (χ3n) is 4.00. The van der Waals surface area contributed by atoms with Crippen LogP contribution in [0.1, 0.15) is 42.8 Å². The highest BCUT2D eigenvalue weighted by Gasteiger charge is 2.24. The van der Waals surface area contributed by atoms with Gasteiger partial charge >= 0.3 is 5.97 Å². The van der Waals surface area contributed by atoms with Crippen LogP contribution in [0, 0.1) is 0 Å². The van der Waals surface area contributed by atoms with E-state index < -0.39 is 5.97 Å². The van der Waals surface area contributed by atoms with Crippen LogP contribution in [0.4, 0.5) is 0 Å². The lowest BCUT2D eigenvalue weighted by Gasteiger charge is -2.28. The minimum atomic E-state index is -0.989. The molecule has 2 aromatic rings. The number of aliphatic hydroxyl groups excluding tert-OH is 1. The molecule has 0 spiro atoms. The predicted molar refractivity (Wildman–Crippen MR) is 80.4 cm³/mol. The summed E-state index contributed by atoms with van der Waals surface area (Å²) in [5.74, 6) is -0.571. The number of benzene rings is 1. The summed E-state index contributed by atoms with van der Waals surface area (Å²) in [4.78, 5) is 11.5. The summed E-state index contributed by atoms with van der Waals surface area (Å²) in [6.07, 6.45) is 1.43. The number of hydrogen-bond acceptors (Lipinski definition) is 4. The Morgan fingerprint density at radius 3 is 2.71 bits per heavy atom. The fraction of sp³-hybridized carbons (Fsp3) is 0.438. The van der Waals surface area contributed by atoms with Crippen molar-refractivity contribution in [1.29, 1.82) is 0 Å². The van der Waals surface area contributed by atoms with Crippen molar-refractivity contribution in [3.8, 4) is 0 Å². The maximum Gasteiger partial charge on any atom is 0.339 e. The molecule has 114 valence electrons. The minimum absolute atomic E-state index is 0.0866. The summed E-state index contributed by atoms with van der Waals surface area (Å²) in [6.45, 7) is 4.44. The van der Waals surface area contributed by atoms with Gasteiger partial charge in [-0.3, -0.25) is 0 Å². The molecule has 0 saturated carbocycles. The van der Waals surface area contributed by atoms with Crippen molar-refractivity contribution >= 4 is 16.9 Å². The molecule has 0 saturated heterocycles. The van der Waals surface area contributed by atoms with Crippen LogP contribution in [0.3, 0.4) is 0 Å². The predicted octanol–water partition coefficient (Wildman–Crippen LogP) is 2.77. The van der Waals surface area contributed by atoms with Gasteiger partial charge in [-0.25, -0.2) is 4.79 Å². The standard InChI is InChI=1S/C16H21NO4/c1-3-16(2,8-9-18)17-10-13-14(15(19)20)11-6-4-5-7-12(11)21-13/h4-7,17-18H,3,8-10H2,1-2H3,(H,19,20). The molecule has 1 heterocycles. The topological polar surface area (TPSA) is 82.7 Å². The number of hydrogen-bond donors (Lipinski definition) is 3. The van der Waals surface area contributed by atoms with Crippen molar-refractivity contribution in [2.45, 2.75) is 38.8 Å². The number of nitrogens with one attached hydrogen (secondary N) is 1. The van der Waals surface area contributed by atoms with Gasteiger partial charge in [0.25, 0.3) is 0 Å². The van der Waals surface area contributed by atoms with E-state index in [1.165, 1.54) is 0 Å². The molecule has 0 radical (unpaired) electrons. The van der Waals surface area contributed by atoms with Crippen molar-refractivity contribution in [2.75, 3.05) is 6.61 Å². The summed E-state index contributed by atoms with van der Waals surface area (Å²) >= 11 is 0. The van der Waals surface area contributed by atoms with E-state index in [4.69, 9.17) is 9.52 Å². The molecule has 5 heteroatoms. The van der Waals surface area contributed by atoms with Gasteiger partial charge < -0.3 is 19.9 Å². The lowest BCUT2D eigenvalue weighted by atomic mass is 9.95. The van der Waals surface area contributed by atoms with Crippen LogP contribution in [0.5, 0.6) is 0 Å². The van der Waals surface area contributed by atoms with Crippen molar-refractivity contribution in [3.63, 3.8) is 0 Å². The number of carboxylic acids is 1. The Balaban J connectivity index is 2.30. The molecule has 1 unspecified atom stereocenters. The van der Waals surface area contributed by atoms with Gasteiger partial charge in [0.15, 0.2) is 0 Å². The van der Waals surface area contributed by atoms with E-state index in [0.717, 1.165) is 6.42 Å². The smallest absolute Gasteiger partial charge is 0.339 e. The Morgan fingerprint density at radius 1 is 1.38 bits per heavy atom. The number of carboxylic acid groups (broad SMARTS) is 1. The fourth-order valence-electron chi connectivity index (χ4n) is 2.39. The van der Waals surface area contributed by atoms with Gasteiger partial charge in [0.05, 0.1) is 6.54 Å². The number of aromatic carboxylic acids is 1. The van der Waals surface area contributed by atoms with E-state index in [0.29, 0.717) is 29.7 Å².